The molecule has 2 rings (SSSR count). The highest BCUT2D eigenvalue weighted by Gasteiger charge is 2.20. The van der Waals surface area contributed by atoms with E-state index in [2.05, 4.69) is 15.6 Å². The quantitative estimate of drug-likeness (QED) is 0.786. The Labute approximate surface area is 146 Å². The van der Waals surface area contributed by atoms with Crippen LogP contribution in [0.2, 0.25) is 5.02 Å². The number of carbonyl (C=O) groups excluding carboxylic acids is 2. The number of rotatable bonds is 6. The van der Waals surface area contributed by atoms with Crippen LogP contribution in [0.15, 0.2) is 24.5 Å². The lowest BCUT2D eigenvalue weighted by Crippen LogP contribution is -2.35. The summed E-state index contributed by atoms with van der Waals surface area (Å²) in [7, 11) is 0. The van der Waals surface area contributed by atoms with E-state index < -0.39 is 5.41 Å². The van der Waals surface area contributed by atoms with Gasteiger partial charge < -0.3 is 15.0 Å². The van der Waals surface area contributed by atoms with Gasteiger partial charge in [0, 0.05) is 30.8 Å². The van der Waals surface area contributed by atoms with Crippen LogP contribution in [0.1, 0.15) is 39.3 Å². The lowest BCUT2D eigenvalue weighted by Gasteiger charge is -2.17. The van der Waals surface area contributed by atoms with Crippen molar-refractivity contribution in [2.75, 3.05) is 6.54 Å². The molecule has 7 heteroatoms. The molecule has 0 spiro atoms. The van der Waals surface area contributed by atoms with Gasteiger partial charge in [0.15, 0.2) is 0 Å². The van der Waals surface area contributed by atoms with Crippen LogP contribution in [0, 0.1) is 5.41 Å². The van der Waals surface area contributed by atoms with Gasteiger partial charge in [-0.25, -0.2) is 4.98 Å². The van der Waals surface area contributed by atoms with Crippen LogP contribution in [0.25, 0.3) is 5.65 Å². The van der Waals surface area contributed by atoms with Gasteiger partial charge in [0.05, 0.1) is 17.3 Å². The number of nitrogens with zero attached hydrogens (tertiary/aromatic N) is 2. The Kier molecular flexibility index (Phi) is 5.83. The second-order valence-corrected chi connectivity index (χ2v) is 7.17. The predicted octanol–water partition coefficient (Wildman–Crippen LogP) is 2.55. The fourth-order valence-electron chi connectivity index (χ4n) is 2.10. The molecule has 2 aromatic heterocycles. The molecule has 0 saturated heterocycles. The molecule has 0 unspecified atom stereocenters. The third-order valence-electron chi connectivity index (χ3n) is 3.48. The van der Waals surface area contributed by atoms with Crippen LogP contribution in [0.5, 0.6) is 0 Å². The molecule has 2 amide bonds. The third kappa shape index (κ3) is 5.23. The van der Waals surface area contributed by atoms with E-state index in [-0.39, 0.29) is 11.8 Å². The van der Waals surface area contributed by atoms with Gasteiger partial charge in [0.25, 0.3) is 0 Å². The molecular formula is C17H23ClN4O2. The SMILES string of the molecule is CC(C)(C)C(=O)NCCCC(=O)NCc1cn2cc(Cl)ccc2n1. The average Bonchev–Trinajstić information content (AvgIpc) is 2.90. The van der Waals surface area contributed by atoms with Gasteiger partial charge in [-0.2, -0.15) is 0 Å². The molecule has 0 aliphatic carbocycles. The van der Waals surface area contributed by atoms with E-state index in [0.29, 0.717) is 31.0 Å². The summed E-state index contributed by atoms with van der Waals surface area (Å²) in [6.07, 6.45) is 4.58. The highest BCUT2D eigenvalue weighted by molar-refractivity contribution is 6.30. The zero-order valence-corrected chi connectivity index (χ0v) is 15.0. The highest BCUT2D eigenvalue weighted by Crippen LogP contribution is 2.12. The van der Waals surface area contributed by atoms with E-state index >= 15 is 0 Å². The van der Waals surface area contributed by atoms with E-state index in [1.165, 1.54) is 0 Å². The van der Waals surface area contributed by atoms with Gasteiger partial charge in [0.2, 0.25) is 11.8 Å². The minimum absolute atomic E-state index is 0.00808. The number of hydrogen-bond donors (Lipinski definition) is 2. The Morgan fingerprint density at radius 1 is 1.21 bits per heavy atom. The largest absolute Gasteiger partial charge is 0.356 e. The average molecular weight is 351 g/mol. The van der Waals surface area contributed by atoms with Crippen LogP contribution in [0.4, 0.5) is 0 Å². The van der Waals surface area contributed by atoms with Crippen molar-refractivity contribution in [1.29, 1.82) is 0 Å². The number of pyridine rings is 1. The molecule has 2 aromatic rings. The summed E-state index contributed by atoms with van der Waals surface area (Å²) in [5.74, 6) is -0.0682. The minimum atomic E-state index is -0.408. The number of carbonyl (C=O) groups is 2. The topological polar surface area (TPSA) is 75.5 Å². The molecule has 6 nitrogen and oxygen atoms in total. The van der Waals surface area contributed by atoms with Crippen LogP contribution < -0.4 is 10.6 Å². The van der Waals surface area contributed by atoms with Crippen molar-refractivity contribution in [3.05, 3.63) is 35.2 Å². The van der Waals surface area contributed by atoms with Crippen molar-refractivity contribution < 1.29 is 9.59 Å². The molecule has 0 fully saturated rings. The van der Waals surface area contributed by atoms with E-state index in [1.807, 2.05) is 37.4 Å². The van der Waals surface area contributed by atoms with E-state index in [4.69, 9.17) is 11.6 Å². The summed E-state index contributed by atoms with van der Waals surface area (Å²) in [5.41, 5.74) is 1.15. The smallest absolute Gasteiger partial charge is 0.225 e. The summed E-state index contributed by atoms with van der Waals surface area (Å²) in [4.78, 5) is 28.0. The first-order valence-corrected chi connectivity index (χ1v) is 8.31. The second-order valence-electron chi connectivity index (χ2n) is 6.73. The third-order valence-corrected chi connectivity index (χ3v) is 3.70. The fourth-order valence-corrected chi connectivity index (χ4v) is 2.26. The monoisotopic (exact) mass is 350 g/mol. The molecule has 0 aromatic carbocycles. The summed E-state index contributed by atoms with van der Waals surface area (Å²) >= 11 is 5.93. The molecule has 0 saturated carbocycles. The Bertz CT molecular complexity index is 734. The zero-order valence-electron chi connectivity index (χ0n) is 14.2. The van der Waals surface area contributed by atoms with Crippen LogP contribution in [0.3, 0.4) is 0 Å². The number of imidazole rings is 1. The molecule has 24 heavy (non-hydrogen) atoms. The van der Waals surface area contributed by atoms with Gasteiger partial charge in [-0.15, -0.1) is 0 Å². The van der Waals surface area contributed by atoms with Crippen LogP contribution >= 0.6 is 11.6 Å². The van der Waals surface area contributed by atoms with Gasteiger partial charge >= 0.3 is 0 Å². The Morgan fingerprint density at radius 2 is 1.96 bits per heavy atom. The minimum Gasteiger partial charge on any atom is -0.356 e. The van der Waals surface area contributed by atoms with Crippen molar-refractivity contribution in [1.82, 2.24) is 20.0 Å². The first kappa shape index (κ1) is 18.3. The first-order valence-electron chi connectivity index (χ1n) is 7.94. The first-order chi connectivity index (χ1) is 11.3. The molecular weight excluding hydrogens is 328 g/mol. The number of hydrogen-bond acceptors (Lipinski definition) is 3. The molecule has 0 aliphatic heterocycles. The molecule has 2 N–H and O–H groups in total. The summed E-state index contributed by atoms with van der Waals surface area (Å²) < 4.78 is 1.83. The second kappa shape index (κ2) is 7.66. The predicted molar refractivity (Wildman–Crippen MR) is 93.7 cm³/mol. The molecule has 0 radical (unpaired) electrons. The van der Waals surface area contributed by atoms with E-state index in [1.54, 1.807) is 12.3 Å². The molecule has 0 atom stereocenters. The van der Waals surface area contributed by atoms with Gasteiger partial charge in [-0.3, -0.25) is 9.59 Å². The van der Waals surface area contributed by atoms with Crippen LogP contribution in [-0.4, -0.2) is 27.7 Å². The maximum Gasteiger partial charge on any atom is 0.225 e. The number of fused-ring (bicyclic) bond motifs is 1. The fraction of sp³-hybridized carbons (Fsp3) is 0.471. The van der Waals surface area contributed by atoms with E-state index in [9.17, 15) is 9.59 Å². The summed E-state index contributed by atoms with van der Waals surface area (Å²) in [5, 5.41) is 6.29. The molecule has 0 aliphatic rings. The van der Waals surface area contributed by atoms with E-state index in [0.717, 1.165) is 11.3 Å². The number of aromatic nitrogens is 2. The lowest BCUT2D eigenvalue weighted by molar-refractivity contribution is -0.128. The van der Waals surface area contributed by atoms with Crippen molar-refractivity contribution in [3.63, 3.8) is 0 Å². The highest BCUT2D eigenvalue weighted by atomic mass is 35.5. The van der Waals surface area contributed by atoms with Crippen molar-refractivity contribution in [2.45, 2.75) is 40.2 Å². The number of halogens is 1. The number of nitrogens with one attached hydrogen (secondary N) is 2. The molecule has 0 bridgehead atoms. The Balaban J connectivity index is 1.72. The maximum absolute atomic E-state index is 11.8. The van der Waals surface area contributed by atoms with Crippen molar-refractivity contribution >= 4 is 29.1 Å². The number of amides is 2. The van der Waals surface area contributed by atoms with Crippen molar-refractivity contribution in [2.24, 2.45) is 5.41 Å². The maximum atomic E-state index is 11.8. The lowest BCUT2D eigenvalue weighted by atomic mass is 9.96. The summed E-state index contributed by atoms with van der Waals surface area (Å²) in [6, 6.07) is 3.60. The molecule has 130 valence electrons. The zero-order chi connectivity index (χ0) is 17.7. The molecule has 2 heterocycles. The van der Waals surface area contributed by atoms with Gasteiger partial charge in [0.1, 0.15) is 5.65 Å². The van der Waals surface area contributed by atoms with Crippen molar-refractivity contribution in [3.8, 4) is 0 Å². The Hall–Kier alpha value is -2.08. The normalized spacial score (nSPS) is 11.5. The van der Waals surface area contributed by atoms with Gasteiger partial charge in [-0.1, -0.05) is 32.4 Å². The van der Waals surface area contributed by atoms with Crippen LogP contribution in [-0.2, 0) is 16.1 Å². The summed E-state index contributed by atoms with van der Waals surface area (Å²) in [6.45, 7) is 6.44. The standard InChI is InChI=1S/C17H23ClN4O2/c1-17(2,3)16(24)19-8-4-5-15(23)20-9-13-11-22-10-12(18)6-7-14(22)21-13/h6-7,10-11H,4-5,8-9H2,1-3H3,(H,19,24)(H,20,23). The Morgan fingerprint density at radius 3 is 2.67 bits per heavy atom. The van der Waals surface area contributed by atoms with Gasteiger partial charge in [-0.05, 0) is 18.6 Å².